The van der Waals surface area contributed by atoms with Gasteiger partial charge in [0.25, 0.3) is 0 Å². The predicted octanol–water partition coefficient (Wildman–Crippen LogP) is -1.82. The van der Waals surface area contributed by atoms with Gasteiger partial charge >= 0.3 is 50.6 Å². The zero-order valence-electron chi connectivity index (χ0n) is 3.58. The van der Waals surface area contributed by atoms with E-state index in [9.17, 15) is 0 Å². The molecule has 4 radical (unpaired) electrons. The molecule has 0 spiro atoms. The Balaban J connectivity index is 0. The van der Waals surface area contributed by atoms with Crippen LogP contribution in [0.25, 0.3) is 0 Å². The molecule has 8 heavy (non-hydrogen) atoms. The van der Waals surface area contributed by atoms with Crippen molar-refractivity contribution in [3.05, 3.63) is 0 Å². The van der Waals surface area contributed by atoms with E-state index in [1.165, 1.54) is 0 Å². The van der Waals surface area contributed by atoms with E-state index in [2.05, 4.69) is 0 Å². The standard InChI is InChI=1S/Bi.6H2O.Sb/h;6*1H2;/q+3;;;;;;;+3/p-6. The van der Waals surface area contributed by atoms with Crippen LogP contribution < -0.4 is 0 Å². The molecule has 0 fully saturated rings. The monoisotopic (exact) mass is 432 g/mol. The van der Waals surface area contributed by atoms with Crippen molar-refractivity contribution in [2.75, 3.05) is 0 Å². The van der Waals surface area contributed by atoms with Gasteiger partial charge in [0.2, 0.25) is 0 Å². The Kier molecular flexibility index (Phi) is 8750. The maximum absolute atomic E-state index is 0. The molecular weight excluding hydrogens is 427 g/mol. The maximum Gasteiger partial charge on any atom is 3.00 e. The molecule has 0 bridgehead atoms. The molecule has 0 amide bonds. The second kappa shape index (κ2) is 221. The molecule has 8 heteroatoms. The van der Waals surface area contributed by atoms with Crippen molar-refractivity contribution in [2.24, 2.45) is 0 Å². The van der Waals surface area contributed by atoms with E-state index < -0.39 is 0 Å². The van der Waals surface area contributed by atoms with E-state index in [4.69, 9.17) is 0 Å². The zero-order valence-corrected chi connectivity index (χ0v) is 9.61. The summed E-state index contributed by atoms with van der Waals surface area (Å²) in [5.41, 5.74) is 0. The van der Waals surface area contributed by atoms with Crippen LogP contribution in [0, 0.1) is 0 Å². The fraction of sp³-hybridized carbons (Fsp3) is 0. The molecular formula is H6BiO6Sb. The van der Waals surface area contributed by atoms with Gasteiger partial charge in [0.1, 0.15) is 0 Å². The third-order valence-electron chi connectivity index (χ3n) is 0. The molecule has 52 valence electrons. The van der Waals surface area contributed by atoms with E-state index in [1.807, 2.05) is 0 Å². The van der Waals surface area contributed by atoms with E-state index >= 15 is 0 Å². The number of rotatable bonds is 0. The van der Waals surface area contributed by atoms with Crippen molar-refractivity contribution in [2.45, 2.75) is 0 Å². The normalized spacial score (nSPS) is 0. The Labute approximate surface area is 83.1 Å². The second-order valence-corrected chi connectivity index (χ2v) is 0. The molecule has 0 rings (SSSR count). The van der Waals surface area contributed by atoms with E-state index in [-0.39, 0.29) is 83.5 Å². The predicted molar refractivity (Wildman–Crippen MR) is 23.1 cm³/mol. The van der Waals surface area contributed by atoms with Gasteiger partial charge in [-0.3, -0.25) is 0 Å². The van der Waals surface area contributed by atoms with E-state index in [1.54, 1.807) is 0 Å². The quantitative estimate of drug-likeness (QED) is 0.406. The summed E-state index contributed by atoms with van der Waals surface area (Å²) >= 11 is 0. The molecule has 0 aromatic carbocycles. The van der Waals surface area contributed by atoms with Gasteiger partial charge < -0.3 is 32.9 Å². The average Bonchev–Trinajstić information content (AvgIpc) is 0. The van der Waals surface area contributed by atoms with Crippen molar-refractivity contribution in [3.63, 3.8) is 0 Å². The summed E-state index contributed by atoms with van der Waals surface area (Å²) in [7, 11) is 0. The fourth-order valence-corrected chi connectivity index (χ4v) is 0. The van der Waals surface area contributed by atoms with Crippen LogP contribution in [-0.4, -0.2) is 83.5 Å². The van der Waals surface area contributed by atoms with Crippen LogP contribution in [0.1, 0.15) is 0 Å². The number of hydrogen-bond donors (Lipinski definition) is 0. The Morgan fingerprint density at radius 3 is 0.375 bits per heavy atom. The molecule has 0 aromatic heterocycles. The maximum atomic E-state index is 0. The first-order chi connectivity index (χ1) is 0. The Morgan fingerprint density at radius 1 is 0.375 bits per heavy atom. The summed E-state index contributed by atoms with van der Waals surface area (Å²) in [6.07, 6.45) is 0. The minimum atomic E-state index is 0. The van der Waals surface area contributed by atoms with Gasteiger partial charge in [-0.2, -0.15) is 0 Å². The summed E-state index contributed by atoms with van der Waals surface area (Å²) in [4.78, 5) is 0. The Hall–Kier alpha value is 1.46. The molecule has 6 N–H and O–H groups in total. The molecule has 0 unspecified atom stereocenters. The van der Waals surface area contributed by atoms with Crippen molar-refractivity contribution >= 4 is 50.6 Å². The molecule has 6 nitrogen and oxygen atoms in total. The van der Waals surface area contributed by atoms with Crippen LogP contribution >= 0.6 is 0 Å². The van der Waals surface area contributed by atoms with Crippen LogP contribution in [0.15, 0.2) is 0 Å². The van der Waals surface area contributed by atoms with Crippen LogP contribution in [0.2, 0.25) is 0 Å². The van der Waals surface area contributed by atoms with Gasteiger partial charge in [-0.1, -0.05) is 0 Å². The minimum absolute atomic E-state index is 0. The van der Waals surface area contributed by atoms with Crippen LogP contribution in [0.5, 0.6) is 0 Å². The van der Waals surface area contributed by atoms with Crippen LogP contribution in [0.3, 0.4) is 0 Å². The van der Waals surface area contributed by atoms with Gasteiger partial charge in [-0.05, 0) is 0 Å². The molecule has 0 aliphatic heterocycles. The summed E-state index contributed by atoms with van der Waals surface area (Å²) in [6.45, 7) is 0. The zero-order chi connectivity index (χ0) is 0. The first kappa shape index (κ1) is 317. The summed E-state index contributed by atoms with van der Waals surface area (Å²) in [5.74, 6) is 0. The number of hydrogen-bond acceptors (Lipinski definition) is 6. The van der Waals surface area contributed by atoms with Gasteiger partial charge in [-0.15, -0.1) is 0 Å². The van der Waals surface area contributed by atoms with E-state index in [0.29, 0.717) is 0 Å². The van der Waals surface area contributed by atoms with Crippen molar-refractivity contribution in [3.8, 4) is 0 Å². The topological polar surface area (TPSA) is 180 Å². The van der Waals surface area contributed by atoms with Gasteiger partial charge in [0.05, 0.1) is 0 Å². The molecule has 0 aliphatic carbocycles. The summed E-state index contributed by atoms with van der Waals surface area (Å²) < 4.78 is 0. The third-order valence-corrected chi connectivity index (χ3v) is 0. The van der Waals surface area contributed by atoms with Crippen molar-refractivity contribution in [1.29, 1.82) is 0 Å². The van der Waals surface area contributed by atoms with Crippen molar-refractivity contribution < 1.29 is 32.9 Å². The molecule has 0 heterocycles. The molecule has 0 atom stereocenters. The SMILES string of the molecule is [Bi+3].[OH-].[OH-].[OH-].[OH-].[OH-].[OH-].[Sb+3]. The summed E-state index contributed by atoms with van der Waals surface area (Å²) in [5, 5.41) is 0. The first-order valence-corrected chi connectivity index (χ1v) is 0. The minimum Gasteiger partial charge on any atom is -0.870 e. The Bertz CT molecular complexity index is 8.49. The molecule has 0 saturated heterocycles. The molecule has 0 saturated carbocycles. The van der Waals surface area contributed by atoms with Gasteiger partial charge in [0.15, 0.2) is 0 Å². The van der Waals surface area contributed by atoms with Crippen molar-refractivity contribution in [1.82, 2.24) is 0 Å². The van der Waals surface area contributed by atoms with Crippen LogP contribution in [0.4, 0.5) is 0 Å². The van der Waals surface area contributed by atoms with Gasteiger partial charge in [-0.25, -0.2) is 0 Å². The van der Waals surface area contributed by atoms with Crippen LogP contribution in [-0.2, 0) is 0 Å². The second-order valence-electron chi connectivity index (χ2n) is 0. The summed E-state index contributed by atoms with van der Waals surface area (Å²) in [6, 6.07) is 0. The average molecular weight is 433 g/mol. The largest absolute Gasteiger partial charge is 3.00 e. The Morgan fingerprint density at radius 2 is 0.375 bits per heavy atom. The molecule has 0 aliphatic rings. The first-order valence-electron chi connectivity index (χ1n) is 0. The smallest absolute Gasteiger partial charge is 0.870 e. The fourth-order valence-electron chi connectivity index (χ4n) is 0. The third kappa shape index (κ3) is 146. The molecule has 0 aromatic rings. The van der Waals surface area contributed by atoms with E-state index in [0.717, 1.165) is 0 Å². The van der Waals surface area contributed by atoms with Gasteiger partial charge in [0, 0.05) is 0 Å².